The zero-order valence-corrected chi connectivity index (χ0v) is 38.2. The van der Waals surface area contributed by atoms with Crippen LogP contribution in [0.25, 0.3) is 130 Å². The van der Waals surface area contributed by atoms with Crippen LogP contribution in [0.4, 0.5) is 0 Å². The van der Waals surface area contributed by atoms with Gasteiger partial charge in [0.15, 0.2) is 11.6 Å². The van der Waals surface area contributed by atoms with Crippen molar-refractivity contribution in [2.24, 2.45) is 0 Å². The summed E-state index contributed by atoms with van der Waals surface area (Å²) in [7, 11) is 0. The average molecular weight is 903 g/mol. The van der Waals surface area contributed by atoms with Crippen LogP contribution in [0.2, 0.25) is 0 Å². The van der Waals surface area contributed by atoms with E-state index >= 15 is 0 Å². The first kappa shape index (κ1) is 39.9. The lowest BCUT2D eigenvalue weighted by Crippen LogP contribution is -1.94. The lowest BCUT2D eigenvalue weighted by molar-refractivity contribution is 1.24. The van der Waals surface area contributed by atoms with Gasteiger partial charge in [0.25, 0.3) is 0 Å². The van der Waals surface area contributed by atoms with E-state index in [1.807, 2.05) is 0 Å². The Kier molecular flexibility index (Phi) is 9.85. The van der Waals surface area contributed by atoms with Crippen LogP contribution >= 0.6 is 22.7 Å². The highest BCUT2D eigenvalue weighted by atomic mass is 32.1. The average Bonchev–Trinajstić information content (AvgIpc) is 4.00. The number of thiophene rings is 2. The fourth-order valence-electron chi connectivity index (χ4n) is 9.35. The molecule has 318 valence electrons. The molecule has 0 unspecified atom stereocenters. The fraction of sp³-hybridized carbons (Fsp3) is 0. The van der Waals surface area contributed by atoms with Gasteiger partial charge in [-0.25, -0.2) is 19.9 Å². The minimum Gasteiger partial charge on any atom is -0.227 e. The third-order valence-corrected chi connectivity index (χ3v) is 14.9. The van der Waals surface area contributed by atoms with Gasteiger partial charge in [0, 0.05) is 53.2 Å². The van der Waals surface area contributed by atoms with Crippen LogP contribution < -0.4 is 0 Å². The van der Waals surface area contributed by atoms with E-state index < -0.39 is 0 Å². The second-order valence-electron chi connectivity index (χ2n) is 17.0. The summed E-state index contributed by atoms with van der Waals surface area (Å²) >= 11 is 3.44. The lowest BCUT2D eigenvalue weighted by Gasteiger charge is -2.11. The van der Waals surface area contributed by atoms with Gasteiger partial charge in [0.05, 0.1) is 11.4 Å². The molecule has 0 amide bonds. The molecular weight excluding hydrogens is 865 g/mol. The Bertz CT molecular complexity index is 3990. The molecule has 0 fully saturated rings. The Labute approximate surface area is 401 Å². The van der Waals surface area contributed by atoms with E-state index in [1.165, 1.54) is 42.4 Å². The molecule has 0 N–H and O–H groups in total. The van der Waals surface area contributed by atoms with Crippen molar-refractivity contribution in [3.05, 3.63) is 231 Å². The standard InChI is InChI=1S/C62H38N4S2/c1-3-13-39(14-4-1)41-25-31-44(32-26-41)57-55-51-21-7-9-23-53(51)67-61(55)65-59(63-57)46-35-29-43(30-36-46)47-17-11-18-48(37-47)49-19-12-20-50(38-49)60-64-58(56-52-22-8-10-24-54(52)68-62(56)66-60)45-33-27-42(28-34-45)40-15-5-2-6-16-40/h1-38H. The van der Waals surface area contributed by atoms with E-state index in [0.717, 1.165) is 76.3 Å². The number of nitrogens with zero attached hydrogens (tertiary/aromatic N) is 4. The predicted octanol–water partition coefficient (Wildman–Crippen LogP) is 17.3. The van der Waals surface area contributed by atoms with Crippen LogP contribution in [0.3, 0.4) is 0 Å². The summed E-state index contributed by atoms with van der Waals surface area (Å²) in [6, 6.07) is 81.6. The zero-order valence-electron chi connectivity index (χ0n) is 36.5. The lowest BCUT2D eigenvalue weighted by atomic mass is 9.97. The fourth-order valence-corrected chi connectivity index (χ4v) is 11.5. The molecule has 0 aliphatic carbocycles. The van der Waals surface area contributed by atoms with Gasteiger partial charge in [-0.1, -0.05) is 206 Å². The Hall–Kier alpha value is -8.42. The summed E-state index contributed by atoms with van der Waals surface area (Å²) in [6.45, 7) is 0. The Morgan fingerprint density at radius 1 is 0.235 bits per heavy atom. The first-order chi connectivity index (χ1) is 33.7. The summed E-state index contributed by atoms with van der Waals surface area (Å²) in [5, 5.41) is 4.56. The number of hydrogen-bond donors (Lipinski definition) is 0. The van der Waals surface area contributed by atoms with Crippen LogP contribution in [0.5, 0.6) is 0 Å². The van der Waals surface area contributed by atoms with Gasteiger partial charge >= 0.3 is 0 Å². The van der Waals surface area contributed by atoms with Gasteiger partial charge in [-0.3, -0.25) is 0 Å². The summed E-state index contributed by atoms with van der Waals surface area (Å²) in [4.78, 5) is 23.0. The topological polar surface area (TPSA) is 51.6 Å². The zero-order chi connectivity index (χ0) is 45.0. The smallest absolute Gasteiger partial charge is 0.161 e. The van der Waals surface area contributed by atoms with E-state index in [4.69, 9.17) is 19.9 Å². The number of fused-ring (bicyclic) bond motifs is 6. The predicted molar refractivity (Wildman–Crippen MR) is 287 cm³/mol. The molecule has 13 aromatic rings. The molecular formula is C62H38N4S2. The van der Waals surface area contributed by atoms with Crippen LogP contribution in [-0.4, -0.2) is 19.9 Å². The quantitative estimate of drug-likeness (QED) is 0.152. The van der Waals surface area contributed by atoms with Crippen molar-refractivity contribution in [3.8, 4) is 89.8 Å². The van der Waals surface area contributed by atoms with E-state index in [-0.39, 0.29) is 0 Å². The van der Waals surface area contributed by atoms with Crippen molar-refractivity contribution < 1.29 is 0 Å². The third kappa shape index (κ3) is 7.24. The number of benzene rings is 9. The van der Waals surface area contributed by atoms with Gasteiger partial charge in [0.1, 0.15) is 9.66 Å². The van der Waals surface area contributed by atoms with Crippen LogP contribution in [0.15, 0.2) is 231 Å². The molecule has 0 aliphatic rings. The summed E-state index contributed by atoms with van der Waals surface area (Å²) in [5.41, 5.74) is 15.2. The molecule has 4 nitrogen and oxygen atoms in total. The van der Waals surface area contributed by atoms with Gasteiger partial charge < -0.3 is 0 Å². The minimum absolute atomic E-state index is 0.711. The molecule has 0 saturated heterocycles. The summed E-state index contributed by atoms with van der Waals surface area (Å²) in [5.74, 6) is 1.43. The Balaban J connectivity index is 0.831. The highest BCUT2D eigenvalue weighted by Crippen LogP contribution is 2.42. The van der Waals surface area contributed by atoms with Crippen molar-refractivity contribution in [1.29, 1.82) is 0 Å². The van der Waals surface area contributed by atoms with Crippen LogP contribution in [0, 0.1) is 0 Å². The molecule has 4 aromatic heterocycles. The van der Waals surface area contributed by atoms with Crippen LogP contribution in [-0.2, 0) is 0 Å². The first-order valence-corrected chi connectivity index (χ1v) is 24.3. The molecule has 9 aromatic carbocycles. The third-order valence-electron chi connectivity index (χ3n) is 12.8. The van der Waals surface area contributed by atoms with Crippen molar-refractivity contribution in [3.63, 3.8) is 0 Å². The normalized spacial score (nSPS) is 11.5. The molecule has 6 heteroatoms. The second-order valence-corrected chi connectivity index (χ2v) is 19.0. The first-order valence-electron chi connectivity index (χ1n) is 22.7. The van der Waals surface area contributed by atoms with Gasteiger partial charge in [0.2, 0.25) is 0 Å². The molecule has 0 atom stereocenters. The van der Waals surface area contributed by atoms with Gasteiger partial charge in [-0.2, -0.15) is 0 Å². The molecule has 0 radical (unpaired) electrons. The maximum Gasteiger partial charge on any atom is 0.161 e. The van der Waals surface area contributed by atoms with E-state index in [1.54, 1.807) is 22.7 Å². The highest BCUT2D eigenvalue weighted by molar-refractivity contribution is 7.26. The largest absolute Gasteiger partial charge is 0.227 e. The molecule has 13 rings (SSSR count). The number of rotatable bonds is 8. The van der Waals surface area contributed by atoms with Crippen molar-refractivity contribution in [2.75, 3.05) is 0 Å². The van der Waals surface area contributed by atoms with Gasteiger partial charge in [-0.15, -0.1) is 22.7 Å². The molecule has 0 aliphatic heterocycles. The molecule has 4 heterocycles. The Morgan fingerprint density at radius 3 is 1.04 bits per heavy atom. The summed E-state index contributed by atoms with van der Waals surface area (Å²) in [6.07, 6.45) is 0. The monoisotopic (exact) mass is 902 g/mol. The van der Waals surface area contributed by atoms with Crippen LogP contribution in [0.1, 0.15) is 0 Å². The SMILES string of the molecule is c1ccc(-c2ccc(-c3nc(-c4ccc(-c5cccc(-c6cccc(-c7nc(-c8ccc(-c9ccccc9)cc8)c8c(n7)sc7ccccc78)c6)c5)cc4)nc4sc5ccccc5c34)cc2)cc1. The molecule has 0 saturated carbocycles. The van der Waals surface area contributed by atoms with E-state index in [2.05, 4.69) is 231 Å². The highest BCUT2D eigenvalue weighted by Gasteiger charge is 2.19. The molecule has 0 spiro atoms. The van der Waals surface area contributed by atoms with Crippen molar-refractivity contribution in [1.82, 2.24) is 19.9 Å². The molecule has 0 bridgehead atoms. The maximum absolute atomic E-state index is 5.35. The Morgan fingerprint density at radius 2 is 0.559 bits per heavy atom. The van der Waals surface area contributed by atoms with E-state index in [0.29, 0.717) is 11.6 Å². The van der Waals surface area contributed by atoms with Crippen molar-refractivity contribution >= 4 is 63.3 Å². The molecule has 68 heavy (non-hydrogen) atoms. The summed E-state index contributed by atoms with van der Waals surface area (Å²) < 4.78 is 2.41. The maximum atomic E-state index is 5.35. The number of aromatic nitrogens is 4. The second kappa shape index (κ2) is 16.8. The van der Waals surface area contributed by atoms with Gasteiger partial charge in [-0.05, 0) is 68.8 Å². The van der Waals surface area contributed by atoms with E-state index in [9.17, 15) is 0 Å². The number of hydrogen-bond acceptors (Lipinski definition) is 6. The van der Waals surface area contributed by atoms with Crippen molar-refractivity contribution in [2.45, 2.75) is 0 Å². The minimum atomic E-state index is 0.711.